The molecular weight excluding hydrogens is 268 g/mol. The fourth-order valence-corrected chi connectivity index (χ4v) is 3.14. The third-order valence-corrected chi connectivity index (χ3v) is 3.76. The molecule has 5 heteroatoms. The quantitative estimate of drug-likeness (QED) is 0.786. The molecule has 0 aromatic heterocycles. The van der Waals surface area contributed by atoms with Gasteiger partial charge in [0.25, 0.3) is 0 Å². The molecule has 0 N–H and O–H groups in total. The van der Waals surface area contributed by atoms with Crippen molar-refractivity contribution in [2.75, 3.05) is 12.9 Å². The van der Waals surface area contributed by atoms with E-state index in [1.807, 2.05) is 0 Å². The molecule has 0 bridgehead atoms. The number of ether oxygens (including phenoxy) is 1. The summed E-state index contributed by atoms with van der Waals surface area (Å²) in [5.74, 6) is 0.680. The van der Waals surface area contributed by atoms with Crippen LogP contribution in [0.2, 0.25) is 0 Å². The lowest BCUT2D eigenvalue weighted by Crippen LogP contribution is -2.01. The van der Waals surface area contributed by atoms with Gasteiger partial charge >= 0.3 is 0 Å². The number of fused-ring (bicyclic) bond motifs is 1. The lowest BCUT2D eigenvalue weighted by molar-refractivity contribution is 0.356. The van der Waals surface area contributed by atoms with Crippen molar-refractivity contribution in [1.29, 1.82) is 0 Å². The van der Waals surface area contributed by atoms with E-state index in [9.17, 15) is 8.42 Å². The molecule has 0 aliphatic carbocycles. The fourth-order valence-electron chi connectivity index (χ4n) is 1.56. The van der Waals surface area contributed by atoms with Crippen LogP contribution in [0.15, 0.2) is 21.5 Å². The number of hydrogen-bond acceptors (Lipinski definition) is 3. The standard InChI is InChI=1S/C9H9BrO3S/c1-14(11,12)9-5-6(10)4-8-7(9)2-3-13-8/h4-5H,2-3H2,1H3. The summed E-state index contributed by atoms with van der Waals surface area (Å²) in [5.41, 5.74) is 0.802. The first-order valence-electron chi connectivity index (χ1n) is 4.14. The largest absolute Gasteiger partial charge is 0.493 e. The Morgan fingerprint density at radius 1 is 1.43 bits per heavy atom. The highest BCUT2D eigenvalue weighted by atomic mass is 79.9. The van der Waals surface area contributed by atoms with Crippen LogP contribution in [0.25, 0.3) is 0 Å². The predicted molar refractivity (Wildman–Crippen MR) is 56.5 cm³/mol. The molecule has 0 saturated heterocycles. The van der Waals surface area contributed by atoms with E-state index < -0.39 is 9.84 Å². The molecule has 0 unspecified atom stereocenters. The van der Waals surface area contributed by atoms with Gasteiger partial charge in [-0.3, -0.25) is 0 Å². The molecule has 1 aromatic rings. The monoisotopic (exact) mass is 276 g/mol. The smallest absolute Gasteiger partial charge is 0.175 e. The van der Waals surface area contributed by atoms with Gasteiger partial charge in [0, 0.05) is 22.7 Å². The van der Waals surface area contributed by atoms with Crippen LogP contribution in [-0.4, -0.2) is 21.3 Å². The number of rotatable bonds is 1. The van der Waals surface area contributed by atoms with E-state index >= 15 is 0 Å². The van der Waals surface area contributed by atoms with Crippen LogP contribution in [0, 0.1) is 0 Å². The van der Waals surface area contributed by atoms with Crippen LogP contribution in [0.3, 0.4) is 0 Å². The minimum atomic E-state index is -3.16. The van der Waals surface area contributed by atoms with Crippen molar-refractivity contribution in [3.05, 3.63) is 22.2 Å². The van der Waals surface area contributed by atoms with Crippen molar-refractivity contribution in [2.45, 2.75) is 11.3 Å². The molecule has 1 aliphatic rings. The van der Waals surface area contributed by atoms with E-state index in [1.165, 1.54) is 6.26 Å². The zero-order chi connectivity index (χ0) is 10.3. The van der Waals surface area contributed by atoms with Gasteiger partial charge in [0.15, 0.2) is 9.84 Å². The second-order valence-electron chi connectivity index (χ2n) is 3.25. The van der Waals surface area contributed by atoms with E-state index in [0.717, 1.165) is 10.0 Å². The molecule has 0 radical (unpaired) electrons. The van der Waals surface area contributed by atoms with Crippen LogP contribution in [0.1, 0.15) is 5.56 Å². The average Bonchev–Trinajstić information content (AvgIpc) is 2.47. The highest BCUT2D eigenvalue weighted by Crippen LogP contribution is 2.34. The summed E-state index contributed by atoms with van der Waals surface area (Å²) in [4.78, 5) is 0.374. The molecule has 0 amide bonds. The van der Waals surface area contributed by atoms with E-state index in [-0.39, 0.29) is 0 Å². The Hall–Kier alpha value is -0.550. The molecule has 14 heavy (non-hydrogen) atoms. The molecule has 0 spiro atoms. The van der Waals surface area contributed by atoms with Crippen LogP contribution in [0.5, 0.6) is 5.75 Å². The van der Waals surface area contributed by atoms with Crippen LogP contribution >= 0.6 is 15.9 Å². The van der Waals surface area contributed by atoms with Crippen LogP contribution in [0.4, 0.5) is 0 Å². The van der Waals surface area contributed by atoms with E-state index in [2.05, 4.69) is 15.9 Å². The molecule has 0 atom stereocenters. The summed E-state index contributed by atoms with van der Waals surface area (Å²) in [7, 11) is -3.16. The number of hydrogen-bond donors (Lipinski definition) is 0. The van der Waals surface area contributed by atoms with Gasteiger partial charge in [-0.25, -0.2) is 8.42 Å². The highest BCUT2D eigenvalue weighted by Gasteiger charge is 2.22. The second-order valence-corrected chi connectivity index (χ2v) is 6.15. The minimum absolute atomic E-state index is 0.374. The van der Waals surface area contributed by atoms with Crippen LogP contribution < -0.4 is 4.74 Å². The van der Waals surface area contributed by atoms with Gasteiger partial charge in [-0.05, 0) is 12.1 Å². The van der Waals surface area contributed by atoms with Crippen LogP contribution in [-0.2, 0) is 16.3 Å². The molecule has 76 valence electrons. The molecule has 1 heterocycles. The Bertz CT molecular complexity index is 479. The fraction of sp³-hybridized carbons (Fsp3) is 0.333. The van der Waals surface area contributed by atoms with Gasteiger partial charge in [0.2, 0.25) is 0 Å². The van der Waals surface area contributed by atoms with Crippen molar-refractivity contribution in [3.8, 4) is 5.75 Å². The lowest BCUT2D eigenvalue weighted by Gasteiger charge is -2.05. The van der Waals surface area contributed by atoms with Crippen molar-refractivity contribution < 1.29 is 13.2 Å². The molecular formula is C9H9BrO3S. The maximum atomic E-state index is 11.5. The number of sulfone groups is 1. The second kappa shape index (κ2) is 3.24. The Labute approximate surface area is 91.1 Å². The summed E-state index contributed by atoms with van der Waals surface area (Å²) in [6.07, 6.45) is 1.89. The van der Waals surface area contributed by atoms with Crippen molar-refractivity contribution >= 4 is 25.8 Å². The summed E-state index contributed by atoms with van der Waals surface area (Å²) in [5, 5.41) is 0. The number of benzene rings is 1. The first-order valence-corrected chi connectivity index (χ1v) is 6.82. The summed E-state index contributed by atoms with van der Waals surface area (Å²) in [6.45, 7) is 0.564. The van der Waals surface area contributed by atoms with Gasteiger partial charge in [-0.1, -0.05) is 15.9 Å². The molecule has 2 rings (SSSR count). The van der Waals surface area contributed by atoms with E-state index in [1.54, 1.807) is 12.1 Å². The van der Waals surface area contributed by atoms with Gasteiger partial charge in [-0.15, -0.1) is 0 Å². The van der Waals surface area contributed by atoms with Crippen molar-refractivity contribution in [1.82, 2.24) is 0 Å². The predicted octanol–water partition coefficient (Wildman–Crippen LogP) is 1.79. The van der Waals surface area contributed by atoms with Gasteiger partial charge < -0.3 is 4.74 Å². The lowest BCUT2D eigenvalue weighted by atomic mass is 10.2. The topological polar surface area (TPSA) is 43.4 Å². The molecule has 1 aliphatic heterocycles. The first-order chi connectivity index (χ1) is 6.48. The molecule has 0 fully saturated rings. The zero-order valence-corrected chi connectivity index (χ0v) is 9.98. The van der Waals surface area contributed by atoms with E-state index in [4.69, 9.17) is 4.74 Å². The summed E-state index contributed by atoms with van der Waals surface area (Å²) >= 11 is 3.26. The SMILES string of the molecule is CS(=O)(=O)c1cc(Br)cc2c1CCO2. The van der Waals surface area contributed by atoms with Gasteiger partial charge in [-0.2, -0.15) is 0 Å². The molecule has 0 saturated carbocycles. The average molecular weight is 277 g/mol. The van der Waals surface area contributed by atoms with Gasteiger partial charge in [0.1, 0.15) is 5.75 Å². The Morgan fingerprint density at radius 3 is 2.79 bits per heavy atom. The summed E-state index contributed by atoms with van der Waals surface area (Å²) in [6, 6.07) is 3.43. The van der Waals surface area contributed by atoms with Crippen molar-refractivity contribution in [2.24, 2.45) is 0 Å². The minimum Gasteiger partial charge on any atom is -0.493 e. The summed E-state index contributed by atoms with van der Waals surface area (Å²) < 4.78 is 29.0. The maximum Gasteiger partial charge on any atom is 0.175 e. The molecule has 3 nitrogen and oxygen atoms in total. The first kappa shape index (κ1) is 9.98. The van der Waals surface area contributed by atoms with E-state index in [0.29, 0.717) is 23.7 Å². The molecule has 1 aromatic carbocycles. The Morgan fingerprint density at radius 2 is 2.14 bits per heavy atom. The Balaban J connectivity index is 2.72. The third-order valence-electron chi connectivity index (χ3n) is 2.14. The zero-order valence-electron chi connectivity index (χ0n) is 7.58. The number of halogens is 1. The normalized spacial score (nSPS) is 15.0. The highest BCUT2D eigenvalue weighted by molar-refractivity contribution is 9.10. The Kier molecular flexibility index (Phi) is 2.31. The maximum absolute atomic E-state index is 11.5. The third kappa shape index (κ3) is 1.66. The van der Waals surface area contributed by atoms with Crippen molar-refractivity contribution in [3.63, 3.8) is 0 Å². The van der Waals surface area contributed by atoms with Gasteiger partial charge in [0.05, 0.1) is 11.5 Å².